The molecule has 0 aliphatic rings. The van der Waals surface area contributed by atoms with E-state index in [9.17, 15) is 0 Å². The van der Waals surface area contributed by atoms with E-state index in [2.05, 4.69) is 22.6 Å². The van der Waals surface area contributed by atoms with Crippen LogP contribution >= 0.6 is 22.6 Å². The Balaban J connectivity index is 2.18. The van der Waals surface area contributed by atoms with Crippen LogP contribution in [0.5, 0.6) is 17.2 Å². The van der Waals surface area contributed by atoms with E-state index in [0.717, 1.165) is 5.75 Å². The first-order valence-electron chi connectivity index (χ1n) is 5.65. The minimum atomic E-state index is 0.581. The maximum atomic E-state index is 5.81. The molecule has 0 saturated carbocycles. The maximum Gasteiger partial charge on any atom is 0.145 e. The van der Waals surface area contributed by atoms with Crippen LogP contribution in [0.25, 0.3) is 0 Å². The van der Waals surface area contributed by atoms with E-state index in [4.69, 9.17) is 15.2 Å². The quantitative estimate of drug-likeness (QED) is 0.664. The van der Waals surface area contributed by atoms with Crippen LogP contribution in [-0.2, 0) is 0 Å². The second-order valence-electron chi connectivity index (χ2n) is 3.69. The van der Waals surface area contributed by atoms with E-state index in [1.165, 1.54) is 3.57 Å². The molecule has 0 amide bonds. The summed E-state index contributed by atoms with van der Waals surface area (Å²) in [6.45, 7) is 2.50. The monoisotopic (exact) mass is 355 g/mol. The summed E-state index contributed by atoms with van der Waals surface area (Å²) in [6, 6.07) is 13.3. The lowest BCUT2D eigenvalue weighted by atomic mass is 10.3. The van der Waals surface area contributed by atoms with Gasteiger partial charge in [0.15, 0.2) is 0 Å². The van der Waals surface area contributed by atoms with Gasteiger partial charge in [0.05, 0.1) is 12.3 Å². The third kappa shape index (κ3) is 3.29. The Bertz CT molecular complexity index is 526. The molecule has 0 heterocycles. The second-order valence-corrected chi connectivity index (χ2v) is 4.93. The zero-order chi connectivity index (χ0) is 13.0. The zero-order valence-corrected chi connectivity index (χ0v) is 12.2. The number of rotatable bonds is 4. The van der Waals surface area contributed by atoms with Gasteiger partial charge < -0.3 is 15.2 Å². The molecule has 0 atom stereocenters. The van der Waals surface area contributed by atoms with Gasteiger partial charge in [-0.1, -0.05) is 0 Å². The summed E-state index contributed by atoms with van der Waals surface area (Å²) in [5, 5.41) is 0. The minimum Gasteiger partial charge on any atom is -0.492 e. The Kier molecular flexibility index (Phi) is 4.30. The summed E-state index contributed by atoms with van der Waals surface area (Å²) >= 11 is 2.26. The van der Waals surface area contributed by atoms with Crippen LogP contribution in [0.1, 0.15) is 6.92 Å². The number of nitrogen functional groups attached to an aromatic ring is 1. The van der Waals surface area contributed by atoms with Gasteiger partial charge in [0.1, 0.15) is 17.2 Å². The number of benzene rings is 2. The van der Waals surface area contributed by atoms with Crippen molar-refractivity contribution in [2.45, 2.75) is 6.92 Å². The lowest BCUT2D eigenvalue weighted by molar-refractivity contribution is 0.340. The van der Waals surface area contributed by atoms with Crippen LogP contribution in [0, 0.1) is 3.57 Å². The third-order valence-corrected chi connectivity index (χ3v) is 3.05. The van der Waals surface area contributed by atoms with Gasteiger partial charge >= 0.3 is 0 Å². The van der Waals surface area contributed by atoms with Crippen LogP contribution in [0.15, 0.2) is 42.5 Å². The minimum absolute atomic E-state index is 0.581. The van der Waals surface area contributed by atoms with Gasteiger partial charge in [0, 0.05) is 9.64 Å². The highest BCUT2D eigenvalue weighted by Crippen LogP contribution is 2.30. The van der Waals surface area contributed by atoms with Gasteiger partial charge in [-0.25, -0.2) is 0 Å². The Hall–Kier alpha value is -1.43. The van der Waals surface area contributed by atoms with E-state index >= 15 is 0 Å². The highest BCUT2D eigenvalue weighted by atomic mass is 127. The van der Waals surface area contributed by atoms with Crippen LogP contribution in [0.4, 0.5) is 5.69 Å². The standard InChI is InChI=1S/C14H14INO2/c1-2-17-14-9-12(7-8-13(14)16)18-11-5-3-10(15)4-6-11/h3-9H,2,16H2,1H3. The lowest BCUT2D eigenvalue weighted by Crippen LogP contribution is -1.97. The molecular formula is C14H14INO2. The van der Waals surface area contributed by atoms with Gasteiger partial charge in [0.2, 0.25) is 0 Å². The number of ether oxygens (including phenoxy) is 2. The Labute approximate surface area is 120 Å². The molecule has 2 aromatic rings. The Morgan fingerprint density at radius 1 is 1.06 bits per heavy atom. The number of nitrogens with two attached hydrogens (primary N) is 1. The van der Waals surface area contributed by atoms with Gasteiger partial charge in [-0.15, -0.1) is 0 Å². The number of hydrogen-bond acceptors (Lipinski definition) is 3. The van der Waals surface area contributed by atoms with Crippen LogP contribution in [0.2, 0.25) is 0 Å². The first kappa shape index (κ1) is 13.0. The Morgan fingerprint density at radius 3 is 2.39 bits per heavy atom. The average molecular weight is 355 g/mol. The number of hydrogen-bond donors (Lipinski definition) is 1. The topological polar surface area (TPSA) is 44.5 Å². The molecule has 0 fully saturated rings. The summed E-state index contributed by atoms with van der Waals surface area (Å²) in [5.74, 6) is 2.16. The van der Waals surface area contributed by atoms with Gasteiger partial charge in [-0.05, 0) is 65.9 Å². The molecule has 0 saturated heterocycles. The van der Waals surface area contributed by atoms with E-state index in [1.54, 1.807) is 12.1 Å². The average Bonchev–Trinajstić information content (AvgIpc) is 2.37. The van der Waals surface area contributed by atoms with Crippen molar-refractivity contribution in [3.05, 3.63) is 46.0 Å². The fourth-order valence-electron chi connectivity index (χ4n) is 1.50. The van der Waals surface area contributed by atoms with Crippen LogP contribution < -0.4 is 15.2 Å². The van der Waals surface area contributed by atoms with Gasteiger partial charge in [-0.3, -0.25) is 0 Å². The summed E-state index contributed by atoms with van der Waals surface area (Å²) in [4.78, 5) is 0. The molecule has 0 unspecified atom stereocenters. The molecular weight excluding hydrogens is 341 g/mol. The summed E-state index contributed by atoms with van der Waals surface area (Å²) < 4.78 is 12.3. The molecule has 0 aliphatic carbocycles. The summed E-state index contributed by atoms with van der Waals surface area (Å²) in [5.41, 5.74) is 6.42. The second kappa shape index (κ2) is 5.95. The SMILES string of the molecule is CCOc1cc(Oc2ccc(I)cc2)ccc1N. The van der Waals surface area contributed by atoms with E-state index in [-0.39, 0.29) is 0 Å². The van der Waals surface area contributed by atoms with Gasteiger partial charge in [0.25, 0.3) is 0 Å². The fourth-order valence-corrected chi connectivity index (χ4v) is 1.86. The van der Waals surface area contributed by atoms with Crippen molar-refractivity contribution in [3.63, 3.8) is 0 Å². The highest BCUT2D eigenvalue weighted by Gasteiger charge is 2.03. The van der Waals surface area contributed by atoms with Crippen molar-refractivity contribution < 1.29 is 9.47 Å². The summed E-state index contributed by atoms with van der Waals surface area (Å²) in [6.07, 6.45) is 0. The zero-order valence-electron chi connectivity index (χ0n) is 10.0. The van der Waals surface area contributed by atoms with Crippen LogP contribution in [-0.4, -0.2) is 6.61 Å². The Morgan fingerprint density at radius 2 is 1.72 bits per heavy atom. The molecule has 3 nitrogen and oxygen atoms in total. The predicted molar refractivity (Wildman–Crippen MR) is 81.3 cm³/mol. The van der Waals surface area contributed by atoms with Gasteiger partial charge in [-0.2, -0.15) is 0 Å². The van der Waals surface area contributed by atoms with E-state index in [1.807, 2.05) is 37.3 Å². The maximum absolute atomic E-state index is 5.81. The van der Waals surface area contributed by atoms with Crippen molar-refractivity contribution >= 4 is 28.3 Å². The molecule has 18 heavy (non-hydrogen) atoms. The third-order valence-electron chi connectivity index (χ3n) is 2.33. The summed E-state index contributed by atoms with van der Waals surface area (Å²) in [7, 11) is 0. The van der Waals surface area contributed by atoms with Crippen molar-refractivity contribution in [1.29, 1.82) is 0 Å². The van der Waals surface area contributed by atoms with Crippen LogP contribution in [0.3, 0.4) is 0 Å². The first-order valence-corrected chi connectivity index (χ1v) is 6.72. The van der Waals surface area contributed by atoms with Crippen molar-refractivity contribution in [3.8, 4) is 17.2 Å². The lowest BCUT2D eigenvalue weighted by Gasteiger charge is -2.10. The molecule has 2 aromatic carbocycles. The smallest absolute Gasteiger partial charge is 0.145 e. The molecule has 0 spiro atoms. The first-order chi connectivity index (χ1) is 8.69. The molecule has 0 aromatic heterocycles. The fraction of sp³-hybridized carbons (Fsp3) is 0.143. The highest BCUT2D eigenvalue weighted by molar-refractivity contribution is 14.1. The molecule has 4 heteroatoms. The van der Waals surface area contributed by atoms with E-state index in [0.29, 0.717) is 23.8 Å². The van der Waals surface area contributed by atoms with Crippen molar-refractivity contribution in [2.24, 2.45) is 0 Å². The number of halogens is 1. The molecule has 0 bridgehead atoms. The molecule has 2 rings (SSSR count). The van der Waals surface area contributed by atoms with Crippen molar-refractivity contribution in [2.75, 3.05) is 12.3 Å². The largest absolute Gasteiger partial charge is 0.492 e. The molecule has 0 aliphatic heterocycles. The normalized spacial score (nSPS) is 10.1. The molecule has 2 N–H and O–H groups in total. The van der Waals surface area contributed by atoms with E-state index < -0.39 is 0 Å². The molecule has 0 radical (unpaired) electrons. The number of anilines is 1. The van der Waals surface area contributed by atoms with Crippen molar-refractivity contribution in [1.82, 2.24) is 0 Å². The predicted octanol–water partition coefficient (Wildman–Crippen LogP) is 4.06. The molecule has 94 valence electrons.